The molecule has 2 aliphatic heterocycles. The molecule has 1 atom stereocenters. The summed E-state index contributed by atoms with van der Waals surface area (Å²) >= 11 is 1.24. The van der Waals surface area contributed by atoms with E-state index >= 15 is 0 Å². The van der Waals surface area contributed by atoms with Crippen LogP contribution in [0, 0.1) is 10.1 Å². The Morgan fingerprint density at radius 2 is 1.90 bits per heavy atom. The summed E-state index contributed by atoms with van der Waals surface area (Å²) in [6.07, 6.45) is 2.78. The molecule has 0 amide bonds. The van der Waals surface area contributed by atoms with Crippen molar-refractivity contribution in [1.82, 2.24) is 5.06 Å². The molecule has 2 aromatic rings. The van der Waals surface area contributed by atoms with Gasteiger partial charge >= 0.3 is 114 Å². The minimum absolute atomic E-state index is 0. The quantitative estimate of drug-likeness (QED) is 0.368. The Bertz CT molecular complexity index is 1110. The van der Waals surface area contributed by atoms with Gasteiger partial charge in [-0.2, -0.15) is 0 Å². The Labute approximate surface area is 265 Å². The van der Waals surface area contributed by atoms with E-state index < -0.39 is 16.3 Å². The van der Waals surface area contributed by atoms with Crippen LogP contribution >= 0.6 is 11.8 Å². The number of thioether (sulfide) groups is 1. The molecule has 2 aliphatic rings. The third kappa shape index (κ3) is 6.13. The van der Waals surface area contributed by atoms with E-state index in [9.17, 15) is 20.1 Å². The molecule has 10 nitrogen and oxygen atoms in total. The normalized spacial score (nSPS) is 16.3. The number of nitrogens with zero attached hydrogens (tertiary/aromatic N) is 4. The van der Waals surface area contributed by atoms with Gasteiger partial charge in [0.05, 0.1) is 22.4 Å². The zero-order valence-electron chi connectivity index (χ0n) is 14.5. The number of ether oxygens (including phenoxy) is 1. The fraction of sp³-hybridized carbons (Fsp3) is 0.0556. The Kier molecular flexibility index (Phi) is 10.1. The number of hydrogen-bond acceptors (Lipinski definition) is 9. The van der Waals surface area contributed by atoms with Crippen LogP contribution in [0.1, 0.15) is 15.9 Å². The van der Waals surface area contributed by atoms with Gasteiger partial charge in [-0.25, -0.2) is 19.8 Å². The molecule has 150 valence electrons. The van der Waals surface area contributed by atoms with Crippen LogP contribution in [-0.4, -0.2) is 146 Å². The molecule has 1 unspecified atom stereocenters. The van der Waals surface area contributed by atoms with Gasteiger partial charge in [-0.15, -0.1) is 0 Å². The second-order valence-corrected chi connectivity index (χ2v) is 7.03. The van der Waals surface area contributed by atoms with Gasteiger partial charge in [0.25, 0.3) is 0 Å². The average molecular weight is 493 g/mol. The Morgan fingerprint density at radius 3 is 2.52 bits per heavy atom. The molecule has 0 spiro atoms. The van der Waals surface area contributed by atoms with Crippen LogP contribution in [0.4, 0.5) is 5.69 Å². The number of rotatable bonds is 5. The molecule has 2 aromatic carbocycles. The summed E-state index contributed by atoms with van der Waals surface area (Å²) in [6, 6.07) is 9.95. The number of aromatic carboxylic acids is 1. The summed E-state index contributed by atoms with van der Waals surface area (Å²) in [5.41, 5.74) is 0.848. The topological polar surface area (TPSA) is 138 Å². The number of fused-ring (bicyclic) bond motifs is 1. The number of aliphatic imine (C=N–C) groups is 2. The maximum absolute atomic E-state index is 11.5. The molecule has 0 aliphatic carbocycles. The van der Waals surface area contributed by atoms with E-state index in [2.05, 4.69) is 9.98 Å². The van der Waals surface area contributed by atoms with Crippen molar-refractivity contribution in [1.29, 1.82) is 0 Å². The molecule has 2 N–H and O–H groups in total. The maximum atomic E-state index is 11.5. The van der Waals surface area contributed by atoms with Crippen molar-refractivity contribution in [3.8, 4) is 11.5 Å². The third-order valence-corrected chi connectivity index (χ3v) is 5.30. The molecule has 0 radical (unpaired) electrons. The molecular weight excluding hydrogens is 478 g/mol. The summed E-state index contributed by atoms with van der Waals surface area (Å²) in [5.74, 6) is -0.805. The first kappa shape index (κ1) is 26.8. The van der Waals surface area contributed by atoms with Crippen molar-refractivity contribution in [3.63, 3.8) is 0 Å². The van der Waals surface area contributed by atoms with E-state index in [1.165, 1.54) is 60.7 Å². The molecule has 2 heterocycles. The number of carboxylic acid groups (broad SMARTS) is 1. The summed E-state index contributed by atoms with van der Waals surface area (Å²) < 4.78 is 5.57. The van der Waals surface area contributed by atoms with Crippen LogP contribution in [0.5, 0.6) is 11.5 Å². The SMILES string of the molecule is O=C(O)c1ccc(Oc2ccc(C3=NC4=CN=CN(O)C4S3)cc2[N+](=O)[O-])cc1.[KH].[KH]. The van der Waals surface area contributed by atoms with Gasteiger partial charge in [-0.05, 0) is 36.4 Å². The van der Waals surface area contributed by atoms with Gasteiger partial charge < -0.3 is 9.84 Å². The fourth-order valence-corrected chi connectivity index (χ4v) is 3.72. The number of benzene rings is 2. The van der Waals surface area contributed by atoms with Crippen molar-refractivity contribution in [2.75, 3.05) is 0 Å². The number of carbonyl (C=O) groups is 1. The molecule has 0 saturated carbocycles. The number of nitro benzene ring substituents is 1. The molecule has 13 heteroatoms. The fourth-order valence-electron chi connectivity index (χ4n) is 2.69. The Balaban J connectivity index is 0.00000171. The predicted molar refractivity (Wildman–Crippen MR) is 119 cm³/mol. The second kappa shape index (κ2) is 11.6. The van der Waals surface area contributed by atoms with Crippen LogP contribution < -0.4 is 4.74 Å². The van der Waals surface area contributed by atoms with Crippen molar-refractivity contribution in [2.24, 2.45) is 9.98 Å². The van der Waals surface area contributed by atoms with E-state index in [0.717, 1.165) is 5.06 Å². The molecule has 31 heavy (non-hydrogen) atoms. The van der Waals surface area contributed by atoms with Gasteiger partial charge in [0.15, 0.2) is 5.37 Å². The third-order valence-electron chi connectivity index (χ3n) is 4.07. The standard InChI is InChI=1S/C18H12N4O6S.2K.2H/c23-18(24)10-1-4-12(5-2-10)28-15-6-3-11(7-14(15)22(26)27)16-20-13-8-19-9-21(25)17(13)29-16;;;;/h1-9,17,25H,(H,23,24);;;;. The summed E-state index contributed by atoms with van der Waals surface area (Å²) in [5, 5.41) is 31.3. The predicted octanol–water partition coefficient (Wildman–Crippen LogP) is 2.18. The van der Waals surface area contributed by atoms with E-state index in [1.54, 1.807) is 6.07 Å². The average Bonchev–Trinajstić information content (AvgIpc) is 3.14. The van der Waals surface area contributed by atoms with Crippen LogP contribution in [-0.2, 0) is 0 Å². The monoisotopic (exact) mass is 492 g/mol. The second-order valence-electron chi connectivity index (χ2n) is 5.96. The zero-order valence-corrected chi connectivity index (χ0v) is 15.3. The minimum atomic E-state index is -1.08. The van der Waals surface area contributed by atoms with E-state index in [-0.39, 0.29) is 126 Å². The van der Waals surface area contributed by atoms with Gasteiger partial charge in [0, 0.05) is 11.6 Å². The van der Waals surface area contributed by atoms with Gasteiger partial charge in [0.2, 0.25) is 5.75 Å². The van der Waals surface area contributed by atoms with Crippen molar-refractivity contribution < 1.29 is 24.8 Å². The van der Waals surface area contributed by atoms with E-state index in [0.29, 0.717) is 16.3 Å². The zero-order chi connectivity index (χ0) is 20.5. The molecular formula is C18H14K2N4O6S. The number of hydroxylamine groups is 2. The molecule has 0 bridgehead atoms. The summed E-state index contributed by atoms with van der Waals surface area (Å²) in [7, 11) is 0. The summed E-state index contributed by atoms with van der Waals surface area (Å²) in [6.45, 7) is 0. The molecule has 0 saturated heterocycles. The first-order valence-corrected chi connectivity index (χ1v) is 9.06. The molecule has 0 fully saturated rings. The van der Waals surface area contributed by atoms with E-state index in [1.807, 2.05) is 0 Å². The summed E-state index contributed by atoms with van der Waals surface area (Å²) in [4.78, 5) is 30.1. The van der Waals surface area contributed by atoms with Gasteiger partial charge in [-0.3, -0.25) is 15.3 Å². The van der Waals surface area contributed by atoms with Crippen molar-refractivity contribution in [3.05, 3.63) is 75.6 Å². The van der Waals surface area contributed by atoms with Crippen LogP contribution in [0.3, 0.4) is 0 Å². The number of hydrogen-bond donors (Lipinski definition) is 2. The molecule has 4 rings (SSSR count). The van der Waals surface area contributed by atoms with Crippen molar-refractivity contribution in [2.45, 2.75) is 5.37 Å². The Morgan fingerprint density at radius 1 is 1.19 bits per heavy atom. The Hall–Kier alpha value is -0.427. The van der Waals surface area contributed by atoms with Gasteiger partial charge in [0.1, 0.15) is 17.1 Å². The van der Waals surface area contributed by atoms with Crippen LogP contribution in [0.15, 0.2) is 64.3 Å². The van der Waals surface area contributed by atoms with Crippen LogP contribution in [0.2, 0.25) is 0 Å². The van der Waals surface area contributed by atoms with E-state index in [4.69, 9.17) is 9.84 Å². The number of nitro groups is 1. The van der Waals surface area contributed by atoms with Crippen molar-refractivity contribution >= 4 is 138 Å². The van der Waals surface area contributed by atoms with Crippen LogP contribution in [0.25, 0.3) is 0 Å². The first-order valence-electron chi connectivity index (χ1n) is 8.18. The molecule has 0 aromatic heterocycles. The van der Waals surface area contributed by atoms with Gasteiger partial charge in [-0.1, -0.05) is 11.8 Å². The number of carboxylic acids is 1. The first-order chi connectivity index (χ1) is 13.9.